The first kappa shape index (κ1) is 27.1. The number of aliphatic hydroxyl groups is 1. The third-order valence-electron chi connectivity index (χ3n) is 6.71. The van der Waals surface area contributed by atoms with Gasteiger partial charge in [-0.05, 0) is 55.2 Å². The minimum Gasteiger partial charge on any atom is -0.387 e. The number of aromatic nitrogens is 2. The SMILES string of the molecule is CCn1cc(-c2cccc(C(NC(=O)c3cc(C(F)(F)F)ccc3Cl)C3(O)CCC(F)(F)CC3)c2)cn1. The largest absolute Gasteiger partial charge is 0.416 e. The Bertz CT molecular complexity index is 1280. The van der Waals surface area contributed by atoms with E-state index in [9.17, 15) is 31.9 Å². The fourth-order valence-corrected chi connectivity index (χ4v) is 4.74. The minimum absolute atomic E-state index is 0.216. The summed E-state index contributed by atoms with van der Waals surface area (Å²) in [6, 6.07) is 7.96. The van der Waals surface area contributed by atoms with Crippen LogP contribution >= 0.6 is 11.6 Å². The topological polar surface area (TPSA) is 67.2 Å². The van der Waals surface area contributed by atoms with Crippen LogP contribution in [0.5, 0.6) is 0 Å². The summed E-state index contributed by atoms with van der Waals surface area (Å²) < 4.78 is 69.4. The number of carbonyl (C=O) groups excluding carboxylic acids is 1. The van der Waals surface area contributed by atoms with Crippen molar-refractivity contribution in [3.05, 3.63) is 76.6 Å². The molecule has 11 heteroatoms. The summed E-state index contributed by atoms with van der Waals surface area (Å²) in [5.74, 6) is -3.92. The van der Waals surface area contributed by atoms with Gasteiger partial charge >= 0.3 is 6.18 Å². The van der Waals surface area contributed by atoms with E-state index >= 15 is 0 Å². The van der Waals surface area contributed by atoms with Gasteiger partial charge in [0, 0.05) is 31.1 Å². The summed E-state index contributed by atoms with van der Waals surface area (Å²) in [6.07, 6.45) is -3.08. The second kappa shape index (κ2) is 10.1. The number of aryl methyl sites for hydroxylation is 1. The van der Waals surface area contributed by atoms with Crippen LogP contribution in [0.2, 0.25) is 5.02 Å². The lowest BCUT2D eigenvalue weighted by Gasteiger charge is -2.42. The number of nitrogens with zero attached hydrogens (tertiary/aromatic N) is 2. The van der Waals surface area contributed by atoms with Crippen LogP contribution in [0.3, 0.4) is 0 Å². The Morgan fingerprint density at radius 3 is 2.46 bits per heavy atom. The Balaban J connectivity index is 1.73. The number of alkyl halides is 5. The average Bonchev–Trinajstić information content (AvgIpc) is 3.34. The molecule has 2 N–H and O–H groups in total. The summed E-state index contributed by atoms with van der Waals surface area (Å²) >= 11 is 6.05. The standard InChI is InChI=1S/C26H25ClF5N3O2/c1-2-35-15-18(14-33-35)16-4-3-5-17(12-16)22(24(37)8-10-25(28,29)11-9-24)34-23(36)20-13-19(26(30,31)32)6-7-21(20)27/h3-7,12-15,22,37H,2,8-11H2,1H3,(H,34,36). The monoisotopic (exact) mass is 541 g/mol. The van der Waals surface area contributed by atoms with Crippen molar-refractivity contribution < 1.29 is 31.9 Å². The highest BCUT2D eigenvalue weighted by Gasteiger charge is 2.47. The molecule has 5 nitrogen and oxygen atoms in total. The number of hydrogen-bond donors (Lipinski definition) is 2. The van der Waals surface area contributed by atoms with Gasteiger partial charge in [-0.25, -0.2) is 8.78 Å². The number of benzene rings is 2. The van der Waals surface area contributed by atoms with Gasteiger partial charge < -0.3 is 10.4 Å². The molecule has 0 radical (unpaired) electrons. The maximum atomic E-state index is 13.9. The van der Waals surface area contributed by atoms with E-state index in [4.69, 9.17) is 11.6 Å². The fourth-order valence-electron chi connectivity index (χ4n) is 4.53. The number of carbonyl (C=O) groups is 1. The molecule has 1 atom stereocenters. The van der Waals surface area contributed by atoms with Crippen LogP contribution in [0.1, 0.15) is 60.1 Å². The van der Waals surface area contributed by atoms with Gasteiger partial charge in [-0.15, -0.1) is 0 Å². The number of halogens is 6. The Hall–Kier alpha value is -2.98. The molecule has 198 valence electrons. The highest BCUT2D eigenvalue weighted by molar-refractivity contribution is 6.33. The van der Waals surface area contributed by atoms with Gasteiger partial charge in [0.2, 0.25) is 5.92 Å². The summed E-state index contributed by atoms with van der Waals surface area (Å²) in [5.41, 5.74) is -1.39. The lowest BCUT2D eigenvalue weighted by molar-refractivity contribution is -0.137. The average molecular weight is 542 g/mol. The van der Waals surface area contributed by atoms with Crippen LogP contribution in [-0.2, 0) is 12.7 Å². The Kier molecular flexibility index (Phi) is 7.36. The summed E-state index contributed by atoms with van der Waals surface area (Å²) in [7, 11) is 0. The van der Waals surface area contributed by atoms with Gasteiger partial charge in [-0.2, -0.15) is 18.3 Å². The lowest BCUT2D eigenvalue weighted by atomic mass is 9.75. The van der Waals surface area contributed by atoms with Crippen LogP contribution in [0.4, 0.5) is 22.0 Å². The van der Waals surface area contributed by atoms with E-state index in [0.717, 1.165) is 17.7 Å². The van der Waals surface area contributed by atoms with Crippen molar-refractivity contribution >= 4 is 17.5 Å². The molecule has 4 rings (SSSR count). The highest BCUT2D eigenvalue weighted by Crippen LogP contribution is 2.45. The van der Waals surface area contributed by atoms with E-state index in [1.807, 2.05) is 13.1 Å². The number of rotatable bonds is 6. The summed E-state index contributed by atoms with van der Waals surface area (Å²) in [4.78, 5) is 13.2. The van der Waals surface area contributed by atoms with Crippen LogP contribution < -0.4 is 5.32 Å². The molecule has 0 aliphatic heterocycles. The highest BCUT2D eigenvalue weighted by atomic mass is 35.5. The molecule has 1 fully saturated rings. The van der Waals surface area contributed by atoms with Gasteiger partial charge in [0.1, 0.15) is 0 Å². The summed E-state index contributed by atoms with van der Waals surface area (Å²) in [5, 5.41) is 18.1. The van der Waals surface area contributed by atoms with Gasteiger partial charge in [-0.3, -0.25) is 9.48 Å². The first-order valence-electron chi connectivity index (χ1n) is 11.7. The molecule has 1 amide bonds. The second-order valence-corrected chi connectivity index (χ2v) is 9.68. The van der Waals surface area contributed by atoms with E-state index in [1.165, 1.54) is 0 Å². The molecule has 1 unspecified atom stereocenters. The van der Waals surface area contributed by atoms with Crippen LogP contribution in [0, 0.1) is 0 Å². The predicted octanol–water partition coefficient (Wildman–Crippen LogP) is 6.65. The van der Waals surface area contributed by atoms with Crippen molar-refractivity contribution in [3.8, 4) is 11.1 Å². The van der Waals surface area contributed by atoms with E-state index in [1.54, 1.807) is 35.1 Å². The van der Waals surface area contributed by atoms with Crippen molar-refractivity contribution in [1.29, 1.82) is 0 Å². The van der Waals surface area contributed by atoms with Crippen molar-refractivity contribution in [2.45, 2.75) is 62.9 Å². The van der Waals surface area contributed by atoms with Crippen molar-refractivity contribution in [2.75, 3.05) is 0 Å². The zero-order chi connectivity index (χ0) is 27.0. The van der Waals surface area contributed by atoms with Crippen LogP contribution in [0.25, 0.3) is 11.1 Å². The molecule has 1 aliphatic rings. The molecule has 37 heavy (non-hydrogen) atoms. The minimum atomic E-state index is -4.70. The molecule has 1 heterocycles. The zero-order valence-corrected chi connectivity index (χ0v) is 20.6. The normalized spacial score (nSPS) is 17.8. The van der Waals surface area contributed by atoms with Gasteiger partial charge in [-0.1, -0.05) is 29.8 Å². The molecule has 2 aromatic carbocycles. The third kappa shape index (κ3) is 5.96. The quantitative estimate of drug-likeness (QED) is 0.343. The molecule has 1 aliphatic carbocycles. The molecule has 0 spiro atoms. The fraction of sp³-hybridized carbons (Fsp3) is 0.385. The van der Waals surface area contributed by atoms with Crippen LogP contribution in [0.15, 0.2) is 54.9 Å². The lowest BCUT2D eigenvalue weighted by Crippen LogP contribution is -2.50. The number of amides is 1. The molecular formula is C26H25ClF5N3O2. The number of nitrogens with one attached hydrogen (secondary N) is 1. The van der Waals surface area contributed by atoms with E-state index in [2.05, 4.69) is 10.4 Å². The van der Waals surface area contributed by atoms with Crippen LogP contribution in [-0.4, -0.2) is 32.3 Å². The zero-order valence-electron chi connectivity index (χ0n) is 19.8. The molecular weight excluding hydrogens is 517 g/mol. The van der Waals surface area contributed by atoms with Gasteiger partial charge in [0.15, 0.2) is 0 Å². The first-order valence-corrected chi connectivity index (χ1v) is 12.1. The first-order chi connectivity index (χ1) is 17.3. The van der Waals surface area contributed by atoms with E-state index in [0.29, 0.717) is 23.7 Å². The van der Waals surface area contributed by atoms with Crippen molar-refractivity contribution in [2.24, 2.45) is 0 Å². The van der Waals surface area contributed by atoms with Crippen molar-refractivity contribution in [3.63, 3.8) is 0 Å². The number of hydrogen-bond acceptors (Lipinski definition) is 3. The molecule has 0 bridgehead atoms. The maximum absolute atomic E-state index is 13.9. The van der Waals surface area contributed by atoms with Gasteiger partial charge in [0.05, 0.1) is 34.0 Å². The van der Waals surface area contributed by atoms with Crippen molar-refractivity contribution in [1.82, 2.24) is 15.1 Å². The Labute approximate surface area is 215 Å². The smallest absolute Gasteiger partial charge is 0.387 e. The second-order valence-electron chi connectivity index (χ2n) is 9.27. The van der Waals surface area contributed by atoms with E-state index in [-0.39, 0.29) is 17.9 Å². The molecule has 3 aromatic rings. The Morgan fingerprint density at radius 1 is 1.14 bits per heavy atom. The molecule has 1 saturated carbocycles. The third-order valence-corrected chi connectivity index (χ3v) is 7.04. The van der Waals surface area contributed by atoms with Gasteiger partial charge in [0.25, 0.3) is 5.91 Å². The molecule has 0 saturated heterocycles. The molecule has 1 aromatic heterocycles. The predicted molar refractivity (Wildman–Crippen MR) is 128 cm³/mol. The summed E-state index contributed by atoms with van der Waals surface area (Å²) in [6.45, 7) is 2.57. The Morgan fingerprint density at radius 2 is 1.84 bits per heavy atom. The maximum Gasteiger partial charge on any atom is 0.416 e. The van der Waals surface area contributed by atoms with E-state index < -0.39 is 53.6 Å².